The van der Waals surface area contributed by atoms with Gasteiger partial charge in [-0.1, -0.05) is 39.3 Å². The largest absolute Gasteiger partial charge is 0.344 e. The molecule has 0 unspecified atom stereocenters. The lowest BCUT2D eigenvalue weighted by Gasteiger charge is -2.19. The second kappa shape index (κ2) is 8.83. The first kappa shape index (κ1) is 19.9. The molecule has 0 N–H and O–H groups in total. The van der Waals surface area contributed by atoms with Crippen LogP contribution in [0.1, 0.15) is 40.0 Å². The lowest BCUT2D eigenvalue weighted by Crippen LogP contribution is -2.43. The van der Waals surface area contributed by atoms with Crippen molar-refractivity contribution in [3.05, 3.63) is 45.1 Å². The number of hydrogen-bond donors (Lipinski definition) is 0. The van der Waals surface area contributed by atoms with Crippen LogP contribution in [0.5, 0.6) is 0 Å². The molecule has 142 valence electrons. The van der Waals surface area contributed by atoms with E-state index >= 15 is 0 Å². The molecule has 6 heteroatoms. The van der Waals surface area contributed by atoms with Crippen LogP contribution in [0, 0.1) is 5.92 Å². The summed E-state index contributed by atoms with van der Waals surface area (Å²) in [6, 6.07) is 7.00. The molecule has 0 spiro atoms. The number of aromatic nitrogens is 2. The molecule has 6 nitrogen and oxygen atoms in total. The Balaban J connectivity index is 2.49. The van der Waals surface area contributed by atoms with E-state index in [-0.39, 0.29) is 18.0 Å². The van der Waals surface area contributed by atoms with Crippen molar-refractivity contribution in [3.63, 3.8) is 0 Å². The van der Waals surface area contributed by atoms with Crippen LogP contribution in [0.3, 0.4) is 0 Å². The molecule has 0 aliphatic rings. The van der Waals surface area contributed by atoms with Crippen LogP contribution in [0.2, 0.25) is 0 Å². The van der Waals surface area contributed by atoms with Crippen molar-refractivity contribution < 1.29 is 4.79 Å². The molecule has 1 aromatic carbocycles. The Labute approximate surface area is 154 Å². The number of unbranched alkanes of at least 4 members (excludes halogenated alkanes) is 1. The van der Waals surface area contributed by atoms with Gasteiger partial charge in [-0.05, 0) is 30.9 Å². The summed E-state index contributed by atoms with van der Waals surface area (Å²) in [5.74, 6) is 0.253. The number of rotatable bonds is 8. The molecule has 0 radical (unpaired) electrons. The molecule has 26 heavy (non-hydrogen) atoms. The molecule has 2 aromatic rings. The number of carbonyl (C=O) groups excluding carboxylic acids is 1. The minimum absolute atomic E-state index is 0.0540. The lowest BCUT2D eigenvalue weighted by molar-refractivity contribution is -0.130. The summed E-state index contributed by atoms with van der Waals surface area (Å²) in [6.45, 7) is 7.14. The number of fused-ring (bicyclic) bond motifs is 1. The first-order valence-electron chi connectivity index (χ1n) is 9.33. The third-order valence-corrected chi connectivity index (χ3v) is 4.63. The van der Waals surface area contributed by atoms with E-state index in [1.54, 1.807) is 36.2 Å². The van der Waals surface area contributed by atoms with Gasteiger partial charge in [0.25, 0.3) is 5.56 Å². The highest BCUT2D eigenvalue weighted by Crippen LogP contribution is 2.09. The fourth-order valence-corrected chi connectivity index (χ4v) is 2.88. The molecule has 1 heterocycles. The Morgan fingerprint density at radius 2 is 1.85 bits per heavy atom. The highest BCUT2D eigenvalue weighted by Gasteiger charge is 2.17. The summed E-state index contributed by atoms with van der Waals surface area (Å²) in [5.41, 5.74) is -0.179. The fourth-order valence-electron chi connectivity index (χ4n) is 2.88. The minimum atomic E-state index is -0.411. The van der Waals surface area contributed by atoms with E-state index in [1.165, 1.54) is 9.13 Å². The molecule has 0 atom stereocenters. The van der Waals surface area contributed by atoms with Crippen LogP contribution in [0.25, 0.3) is 10.9 Å². The van der Waals surface area contributed by atoms with Gasteiger partial charge < -0.3 is 4.90 Å². The number of para-hydroxylation sites is 1. The number of hydrogen-bond acceptors (Lipinski definition) is 3. The van der Waals surface area contributed by atoms with Gasteiger partial charge in [0.2, 0.25) is 5.91 Å². The van der Waals surface area contributed by atoms with Crippen LogP contribution >= 0.6 is 0 Å². The number of amides is 1. The van der Waals surface area contributed by atoms with Crippen LogP contribution in [-0.4, -0.2) is 33.5 Å². The first-order chi connectivity index (χ1) is 12.4. The molecule has 0 saturated heterocycles. The first-order valence-corrected chi connectivity index (χ1v) is 9.33. The molecule has 0 fully saturated rings. The van der Waals surface area contributed by atoms with Gasteiger partial charge in [0.15, 0.2) is 0 Å². The van der Waals surface area contributed by atoms with E-state index in [2.05, 4.69) is 20.8 Å². The average molecular weight is 359 g/mol. The van der Waals surface area contributed by atoms with Crippen molar-refractivity contribution in [2.45, 2.75) is 53.1 Å². The van der Waals surface area contributed by atoms with Crippen molar-refractivity contribution in [1.29, 1.82) is 0 Å². The van der Waals surface area contributed by atoms with Gasteiger partial charge in [0.05, 0.1) is 10.9 Å². The third-order valence-electron chi connectivity index (χ3n) is 4.63. The predicted molar refractivity (Wildman–Crippen MR) is 104 cm³/mol. The highest BCUT2D eigenvalue weighted by molar-refractivity contribution is 5.81. The summed E-state index contributed by atoms with van der Waals surface area (Å²) in [5, 5.41) is 0.472. The van der Waals surface area contributed by atoms with Crippen molar-refractivity contribution >= 4 is 16.8 Å². The Bertz CT molecular complexity index is 880. The molecule has 0 aliphatic carbocycles. The zero-order chi connectivity index (χ0) is 19.3. The molecule has 2 rings (SSSR count). The van der Waals surface area contributed by atoms with Gasteiger partial charge in [0, 0.05) is 20.1 Å². The monoisotopic (exact) mass is 359 g/mol. The lowest BCUT2D eigenvalue weighted by atomic mass is 10.1. The van der Waals surface area contributed by atoms with Crippen LogP contribution in [-0.2, 0) is 17.9 Å². The van der Waals surface area contributed by atoms with Crippen molar-refractivity contribution in [3.8, 4) is 0 Å². The Hall–Kier alpha value is -2.37. The van der Waals surface area contributed by atoms with Crippen molar-refractivity contribution in [2.75, 3.05) is 13.6 Å². The van der Waals surface area contributed by atoms with Crippen molar-refractivity contribution in [2.24, 2.45) is 5.92 Å². The molecule has 1 amide bonds. The Morgan fingerprint density at radius 1 is 1.15 bits per heavy atom. The highest BCUT2D eigenvalue weighted by atomic mass is 16.2. The maximum Gasteiger partial charge on any atom is 0.331 e. The number of likely N-dealkylation sites (N-methyl/N-ethyl adjacent to an activating group) is 1. The molecular weight excluding hydrogens is 330 g/mol. The second-order valence-electron chi connectivity index (χ2n) is 7.19. The minimum Gasteiger partial charge on any atom is -0.344 e. The van der Waals surface area contributed by atoms with E-state index in [9.17, 15) is 14.4 Å². The zero-order valence-electron chi connectivity index (χ0n) is 16.2. The van der Waals surface area contributed by atoms with Crippen LogP contribution in [0.4, 0.5) is 0 Å². The predicted octanol–water partition coefficient (Wildman–Crippen LogP) is 2.47. The number of benzene rings is 1. The number of carbonyl (C=O) groups is 1. The summed E-state index contributed by atoms with van der Waals surface area (Å²) in [7, 11) is 1.75. The molecule has 0 bridgehead atoms. The number of nitrogens with zero attached hydrogens (tertiary/aromatic N) is 3. The van der Waals surface area contributed by atoms with Crippen molar-refractivity contribution in [1.82, 2.24) is 14.0 Å². The SMILES string of the molecule is CCCCN(C)C(=O)Cn1c(=O)n(CCC(C)C)c(=O)c2ccccc21. The fraction of sp³-hybridized carbons (Fsp3) is 0.550. The third kappa shape index (κ3) is 4.42. The van der Waals surface area contributed by atoms with Gasteiger partial charge in [-0.25, -0.2) is 4.79 Å². The van der Waals surface area contributed by atoms with E-state index in [0.29, 0.717) is 29.9 Å². The maximum absolute atomic E-state index is 12.9. The van der Waals surface area contributed by atoms with Gasteiger partial charge in [-0.2, -0.15) is 0 Å². The summed E-state index contributed by atoms with van der Waals surface area (Å²) >= 11 is 0. The van der Waals surface area contributed by atoms with E-state index in [4.69, 9.17) is 0 Å². The molecular formula is C20H29N3O3. The van der Waals surface area contributed by atoms with E-state index < -0.39 is 5.69 Å². The smallest absolute Gasteiger partial charge is 0.331 e. The zero-order valence-corrected chi connectivity index (χ0v) is 16.2. The Kier molecular flexibility index (Phi) is 6.77. The van der Waals surface area contributed by atoms with Gasteiger partial charge in [0.1, 0.15) is 6.54 Å². The topological polar surface area (TPSA) is 64.3 Å². The van der Waals surface area contributed by atoms with Gasteiger partial charge in [-0.15, -0.1) is 0 Å². The standard InChI is InChI=1S/C20H29N3O3/c1-5-6-12-21(4)18(24)14-23-17-10-8-7-9-16(17)19(25)22(20(23)26)13-11-15(2)3/h7-10,15H,5-6,11-14H2,1-4H3. The molecule has 0 aliphatic heterocycles. The molecule has 0 saturated carbocycles. The van der Waals surface area contributed by atoms with Crippen LogP contribution < -0.4 is 11.2 Å². The summed E-state index contributed by atoms with van der Waals surface area (Å²) in [6.07, 6.45) is 2.66. The Morgan fingerprint density at radius 3 is 2.50 bits per heavy atom. The van der Waals surface area contributed by atoms with Gasteiger partial charge in [-0.3, -0.25) is 18.7 Å². The quantitative estimate of drug-likeness (QED) is 0.727. The van der Waals surface area contributed by atoms with E-state index in [1.807, 2.05) is 0 Å². The summed E-state index contributed by atoms with van der Waals surface area (Å²) in [4.78, 5) is 39.9. The van der Waals surface area contributed by atoms with Gasteiger partial charge >= 0.3 is 5.69 Å². The summed E-state index contributed by atoms with van der Waals surface area (Å²) < 4.78 is 2.70. The average Bonchev–Trinajstić information content (AvgIpc) is 2.62. The molecule has 1 aromatic heterocycles. The normalized spacial score (nSPS) is 11.3. The second-order valence-corrected chi connectivity index (χ2v) is 7.19. The maximum atomic E-state index is 12.9. The van der Waals surface area contributed by atoms with E-state index in [0.717, 1.165) is 19.3 Å². The van der Waals surface area contributed by atoms with Crippen LogP contribution in [0.15, 0.2) is 33.9 Å².